The predicted octanol–water partition coefficient (Wildman–Crippen LogP) is 2.72. The second-order valence-corrected chi connectivity index (χ2v) is 5.99. The molecule has 0 spiro atoms. The minimum atomic E-state index is -1.12. The summed E-state index contributed by atoms with van der Waals surface area (Å²) in [5.74, 6) is -0.405. The highest BCUT2D eigenvalue weighted by Gasteiger charge is 2.29. The van der Waals surface area contributed by atoms with E-state index < -0.39 is 5.97 Å². The van der Waals surface area contributed by atoms with Gasteiger partial charge in [0.25, 0.3) is 5.91 Å². The Kier molecular flexibility index (Phi) is 4.94. The summed E-state index contributed by atoms with van der Waals surface area (Å²) in [7, 11) is 0. The Hall–Kier alpha value is -1.91. The smallest absolute Gasteiger partial charge is 0.354 e. The first kappa shape index (κ1) is 15.5. The average Bonchev–Trinajstić information content (AvgIpc) is 2.47. The summed E-state index contributed by atoms with van der Waals surface area (Å²) in [6.07, 6.45) is 4.44. The van der Waals surface area contributed by atoms with Gasteiger partial charge in [0, 0.05) is 6.04 Å². The van der Waals surface area contributed by atoms with Gasteiger partial charge in [0.15, 0.2) is 0 Å². The molecular formula is C16H22N2O3. The molecule has 1 fully saturated rings. The van der Waals surface area contributed by atoms with Crippen molar-refractivity contribution in [3.8, 4) is 0 Å². The Bertz CT molecular complexity index is 528. The van der Waals surface area contributed by atoms with E-state index in [4.69, 9.17) is 5.11 Å². The molecule has 1 heterocycles. The Labute approximate surface area is 124 Å². The van der Waals surface area contributed by atoms with Crippen molar-refractivity contribution in [2.75, 3.05) is 0 Å². The first-order chi connectivity index (χ1) is 9.99. The topological polar surface area (TPSA) is 79.3 Å². The highest BCUT2D eigenvalue weighted by Crippen LogP contribution is 2.30. The zero-order chi connectivity index (χ0) is 15.4. The number of hydrogen-bond donors (Lipinski definition) is 2. The molecule has 5 heteroatoms. The van der Waals surface area contributed by atoms with Crippen LogP contribution in [-0.2, 0) is 0 Å². The molecule has 5 nitrogen and oxygen atoms in total. The summed E-state index contributed by atoms with van der Waals surface area (Å²) in [5.41, 5.74) is 0.0645. The van der Waals surface area contributed by atoms with Crippen LogP contribution in [0.1, 0.15) is 60.5 Å². The number of carboxylic acid groups (broad SMARTS) is 1. The Morgan fingerprint density at radius 1 is 1.24 bits per heavy atom. The van der Waals surface area contributed by atoms with Crippen molar-refractivity contribution < 1.29 is 14.7 Å². The maximum Gasteiger partial charge on any atom is 0.354 e. The number of aromatic nitrogens is 1. The van der Waals surface area contributed by atoms with E-state index in [0.717, 1.165) is 19.3 Å². The van der Waals surface area contributed by atoms with Crippen molar-refractivity contribution in [1.29, 1.82) is 0 Å². The monoisotopic (exact) mass is 290 g/mol. The van der Waals surface area contributed by atoms with E-state index in [0.29, 0.717) is 11.8 Å². The summed E-state index contributed by atoms with van der Waals surface area (Å²) < 4.78 is 0. The van der Waals surface area contributed by atoms with Gasteiger partial charge >= 0.3 is 5.97 Å². The van der Waals surface area contributed by atoms with Gasteiger partial charge in [-0.1, -0.05) is 32.8 Å². The lowest BCUT2D eigenvalue weighted by Crippen LogP contribution is -2.44. The van der Waals surface area contributed by atoms with Crippen molar-refractivity contribution in [2.45, 2.75) is 45.6 Å². The van der Waals surface area contributed by atoms with Crippen LogP contribution in [0.5, 0.6) is 0 Å². The molecule has 1 amide bonds. The molecule has 1 aromatic rings. The Morgan fingerprint density at radius 2 is 1.90 bits per heavy atom. The van der Waals surface area contributed by atoms with Crippen molar-refractivity contribution in [3.63, 3.8) is 0 Å². The van der Waals surface area contributed by atoms with Gasteiger partial charge in [-0.25, -0.2) is 9.78 Å². The van der Waals surface area contributed by atoms with Crippen molar-refractivity contribution in [1.82, 2.24) is 10.3 Å². The molecule has 2 unspecified atom stereocenters. The lowest BCUT2D eigenvalue weighted by molar-refractivity contribution is 0.0690. The summed E-state index contributed by atoms with van der Waals surface area (Å²) in [4.78, 5) is 27.1. The van der Waals surface area contributed by atoms with Gasteiger partial charge in [0.05, 0.1) is 0 Å². The fourth-order valence-corrected chi connectivity index (χ4v) is 3.06. The molecule has 1 aliphatic carbocycles. The van der Waals surface area contributed by atoms with E-state index in [-0.39, 0.29) is 23.3 Å². The molecular weight excluding hydrogens is 268 g/mol. The third-order valence-electron chi connectivity index (χ3n) is 4.19. The summed E-state index contributed by atoms with van der Waals surface area (Å²) in [5, 5.41) is 12.0. The number of carboxylic acids is 1. The van der Waals surface area contributed by atoms with Crippen molar-refractivity contribution in [3.05, 3.63) is 29.6 Å². The Balaban J connectivity index is 2.09. The minimum Gasteiger partial charge on any atom is -0.477 e. The van der Waals surface area contributed by atoms with Crippen LogP contribution < -0.4 is 5.32 Å². The normalized spacial score (nSPS) is 22.0. The third kappa shape index (κ3) is 3.80. The first-order valence-electron chi connectivity index (χ1n) is 7.50. The number of nitrogens with one attached hydrogen (secondary N) is 1. The van der Waals surface area contributed by atoms with Gasteiger partial charge in [-0.2, -0.15) is 0 Å². The maximum absolute atomic E-state index is 12.3. The molecule has 1 saturated carbocycles. The van der Waals surface area contributed by atoms with Gasteiger partial charge in [-0.05, 0) is 36.8 Å². The number of carbonyl (C=O) groups is 2. The third-order valence-corrected chi connectivity index (χ3v) is 4.19. The largest absolute Gasteiger partial charge is 0.477 e. The van der Waals surface area contributed by atoms with E-state index >= 15 is 0 Å². The molecule has 2 rings (SSSR count). The number of carbonyl (C=O) groups excluding carboxylic acids is 1. The lowest BCUT2D eigenvalue weighted by atomic mass is 9.78. The van der Waals surface area contributed by atoms with Crippen LogP contribution in [0.3, 0.4) is 0 Å². The summed E-state index contributed by atoms with van der Waals surface area (Å²) in [6, 6.07) is 4.64. The second-order valence-electron chi connectivity index (χ2n) is 5.99. The van der Waals surface area contributed by atoms with Gasteiger partial charge in [-0.15, -0.1) is 0 Å². The van der Waals surface area contributed by atoms with Gasteiger partial charge in [0.2, 0.25) is 0 Å². The van der Waals surface area contributed by atoms with Gasteiger partial charge in [0.1, 0.15) is 11.4 Å². The second kappa shape index (κ2) is 6.70. The number of nitrogens with zero attached hydrogens (tertiary/aromatic N) is 1. The fraction of sp³-hybridized carbons (Fsp3) is 0.562. The van der Waals surface area contributed by atoms with Gasteiger partial charge in [-0.3, -0.25) is 4.79 Å². The molecule has 0 bridgehead atoms. The van der Waals surface area contributed by atoms with Gasteiger partial charge < -0.3 is 10.4 Å². The predicted molar refractivity (Wildman–Crippen MR) is 79.2 cm³/mol. The number of rotatable bonds is 4. The highest BCUT2D eigenvalue weighted by molar-refractivity contribution is 5.94. The highest BCUT2D eigenvalue weighted by atomic mass is 16.4. The number of amides is 1. The fourth-order valence-electron chi connectivity index (χ4n) is 3.06. The molecule has 21 heavy (non-hydrogen) atoms. The molecule has 2 atom stereocenters. The van der Waals surface area contributed by atoms with E-state index in [1.165, 1.54) is 12.5 Å². The summed E-state index contributed by atoms with van der Waals surface area (Å²) >= 11 is 0. The zero-order valence-electron chi connectivity index (χ0n) is 12.5. The number of pyridine rings is 1. The molecule has 0 aromatic carbocycles. The van der Waals surface area contributed by atoms with Crippen LogP contribution in [-0.4, -0.2) is 28.0 Å². The molecule has 0 aliphatic heterocycles. The molecule has 1 aromatic heterocycles. The van der Waals surface area contributed by atoms with Crippen LogP contribution >= 0.6 is 0 Å². The zero-order valence-corrected chi connectivity index (χ0v) is 12.5. The van der Waals surface area contributed by atoms with Crippen LogP contribution in [0.2, 0.25) is 0 Å². The average molecular weight is 290 g/mol. The molecule has 0 radical (unpaired) electrons. The quantitative estimate of drug-likeness (QED) is 0.893. The lowest BCUT2D eigenvalue weighted by Gasteiger charge is -2.34. The van der Waals surface area contributed by atoms with E-state index in [9.17, 15) is 9.59 Å². The van der Waals surface area contributed by atoms with Crippen LogP contribution in [0, 0.1) is 11.8 Å². The molecule has 114 valence electrons. The molecule has 0 saturated heterocycles. The van der Waals surface area contributed by atoms with Crippen LogP contribution in [0.4, 0.5) is 0 Å². The van der Waals surface area contributed by atoms with Crippen molar-refractivity contribution >= 4 is 11.9 Å². The van der Waals surface area contributed by atoms with E-state index in [1.54, 1.807) is 12.1 Å². The number of hydrogen-bond acceptors (Lipinski definition) is 3. The van der Waals surface area contributed by atoms with Crippen LogP contribution in [0.15, 0.2) is 18.2 Å². The minimum absolute atomic E-state index is 0.105. The first-order valence-corrected chi connectivity index (χ1v) is 7.50. The SMILES string of the molecule is CC(C)C1CCCCC1NC(=O)c1cccc(C(=O)O)n1. The molecule has 2 N–H and O–H groups in total. The maximum atomic E-state index is 12.3. The summed E-state index contributed by atoms with van der Waals surface area (Å²) in [6.45, 7) is 4.36. The Morgan fingerprint density at radius 3 is 2.57 bits per heavy atom. The van der Waals surface area contributed by atoms with Crippen molar-refractivity contribution in [2.24, 2.45) is 11.8 Å². The number of aromatic carboxylic acids is 1. The van der Waals surface area contributed by atoms with Crippen LogP contribution in [0.25, 0.3) is 0 Å². The molecule has 1 aliphatic rings. The standard InChI is InChI=1S/C16H22N2O3/c1-10(2)11-6-3-4-7-12(11)18-15(19)13-8-5-9-14(17-13)16(20)21/h5,8-12H,3-4,6-7H2,1-2H3,(H,18,19)(H,20,21). The van der Waals surface area contributed by atoms with E-state index in [2.05, 4.69) is 24.1 Å². The van der Waals surface area contributed by atoms with E-state index in [1.807, 2.05) is 0 Å².